The van der Waals surface area contributed by atoms with Crippen molar-refractivity contribution in [3.8, 4) is 5.75 Å². The first-order valence-corrected chi connectivity index (χ1v) is 5.69. The van der Waals surface area contributed by atoms with Crippen molar-refractivity contribution in [2.45, 2.75) is 19.8 Å². The number of carbonyl (C=O) groups excluding carboxylic acids is 1. The predicted octanol–water partition coefficient (Wildman–Crippen LogP) is 3.79. The van der Waals surface area contributed by atoms with Crippen LogP contribution in [0, 0.1) is 0 Å². The van der Waals surface area contributed by atoms with Crippen LogP contribution in [0.5, 0.6) is 5.75 Å². The van der Waals surface area contributed by atoms with Crippen LogP contribution in [0.2, 0.25) is 0 Å². The largest absolute Gasteiger partial charge is 0.497 e. The lowest BCUT2D eigenvalue weighted by Gasteiger charge is -2.04. The van der Waals surface area contributed by atoms with E-state index in [9.17, 15) is 4.79 Å². The lowest BCUT2D eigenvalue weighted by molar-refractivity contribution is 0.0992. The van der Waals surface area contributed by atoms with Gasteiger partial charge in [-0.3, -0.25) is 4.79 Å². The number of allylic oxidation sites excluding steroid dienone is 3. The molecule has 0 amide bonds. The molecule has 0 saturated heterocycles. The van der Waals surface area contributed by atoms with Gasteiger partial charge in [-0.1, -0.05) is 31.2 Å². The fourth-order valence-electron chi connectivity index (χ4n) is 1.55. The quantitative estimate of drug-likeness (QED) is 0.549. The maximum absolute atomic E-state index is 12.0. The van der Waals surface area contributed by atoms with Crippen LogP contribution in [0.3, 0.4) is 0 Å². The van der Waals surface area contributed by atoms with Crippen LogP contribution < -0.4 is 4.74 Å². The van der Waals surface area contributed by atoms with Gasteiger partial charge < -0.3 is 4.74 Å². The van der Waals surface area contributed by atoms with Crippen molar-refractivity contribution < 1.29 is 9.53 Å². The monoisotopic (exact) mass is 230 g/mol. The number of methoxy groups -OCH3 is 1. The number of ether oxygens (including phenoxy) is 1. The molecule has 0 spiro atoms. The van der Waals surface area contributed by atoms with Gasteiger partial charge in [-0.2, -0.15) is 0 Å². The van der Waals surface area contributed by atoms with Crippen LogP contribution in [0.15, 0.2) is 48.6 Å². The van der Waals surface area contributed by atoms with Gasteiger partial charge in [0.15, 0.2) is 5.78 Å². The highest BCUT2D eigenvalue weighted by atomic mass is 16.5. The van der Waals surface area contributed by atoms with Crippen LogP contribution >= 0.6 is 0 Å². The van der Waals surface area contributed by atoms with E-state index < -0.39 is 0 Å². The Bertz CT molecular complexity index is 413. The first-order chi connectivity index (χ1) is 8.21. The van der Waals surface area contributed by atoms with Crippen LogP contribution in [0.4, 0.5) is 0 Å². The summed E-state index contributed by atoms with van der Waals surface area (Å²) in [5, 5.41) is 0. The van der Waals surface area contributed by atoms with Gasteiger partial charge in [-0.05, 0) is 30.7 Å². The molecule has 1 rings (SSSR count). The van der Waals surface area contributed by atoms with E-state index in [1.807, 2.05) is 13.0 Å². The standard InChI is InChI=1S/C15H18O2/c1-4-6-12(5-2)11-15(16)13-7-9-14(17-3)10-8-13/h4,6-10H,1,5,11H2,2-3H3/b12-6+. The summed E-state index contributed by atoms with van der Waals surface area (Å²) in [5.74, 6) is 0.890. The van der Waals surface area contributed by atoms with Crippen molar-refractivity contribution in [3.63, 3.8) is 0 Å². The number of carbonyl (C=O) groups is 1. The normalized spacial score (nSPS) is 11.1. The zero-order valence-electron chi connectivity index (χ0n) is 10.4. The van der Waals surface area contributed by atoms with Crippen molar-refractivity contribution in [2.24, 2.45) is 0 Å². The molecule has 1 aromatic rings. The number of ketones is 1. The first-order valence-electron chi connectivity index (χ1n) is 5.69. The van der Waals surface area contributed by atoms with Crippen LogP contribution in [0.25, 0.3) is 0 Å². The van der Waals surface area contributed by atoms with Crippen molar-refractivity contribution in [1.82, 2.24) is 0 Å². The molecule has 17 heavy (non-hydrogen) atoms. The Hall–Kier alpha value is -1.83. The second-order valence-corrected chi connectivity index (χ2v) is 3.74. The van der Waals surface area contributed by atoms with Crippen molar-refractivity contribution >= 4 is 5.78 Å². The Morgan fingerprint density at radius 1 is 1.35 bits per heavy atom. The molecule has 0 atom stereocenters. The van der Waals surface area contributed by atoms with Gasteiger partial charge in [0.05, 0.1) is 7.11 Å². The van der Waals surface area contributed by atoms with Crippen LogP contribution in [0.1, 0.15) is 30.1 Å². The first kappa shape index (κ1) is 13.2. The second kappa shape index (κ2) is 6.69. The summed E-state index contributed by atoms with van der Waals surface area (Å²) in [5.41, 5.74) is 1.81. The summed E-state index contributed by atoms with van der Waals surface area (Å²) in [6, 6.07) is 7.19. The minimum Gasteiger partial charge on any atom is -0.497 e. The molecule has 0 aliphatic rings. The van der Waals surface area contributed by atoms with Gasteiger partial charge in [-0.15, -0.1) is 0 Å². The summed E-state index contributed by atoms with van der Waals surface area (Å²) in [4.78, 5) is 12.0. The van der Waals surface area contributed by atoms with E-state index in [1.165, 1.54) is 0 Å². The smallest absolute Gasteiger partial charge is 0.166 e. The minimum atomic E-state index is 0.127. The van der Waals surface area contributed by atoms with Crippen molar-refractivity contribution in [3.05, 3.63) is 54.1 Å². The van der Waals surface area contributed by atoms with Gasteiger partial charge in [0.2, 0.25) is 0 Å². The molecule has 0 heterocycles. The summed E-state index contributed by atoms with van der Waals surface area (Å²) in [6.45, 7) is 5.69. The number of hydrogen-bond acceptors (Lipinski definition) is 2. The molecular weight excluding hydrogens is 212 g/mol. The lowest BCUT2D eigenvalue weighted by atomic mass is 10.0. The molecule has 2 heteroatoms. The van der Waals surface area contributed by atoms with E-state index >= 15 is 0 Å². The average Bonchev–Trinajstić information content (AvgIpc) is 2.38. The minimum absolute atomic E-state index is 0.127. The zero-order chi connectivity index (χ0) is 12.7. The molecule has 0 radical (unpaired) electrons. The van der Waals surface area contributed by atoms with Gasteiger partial charge in [0.25, 0.3) is 0 Å². The molecule has 0 saturated carbocycles. The van der Waals surface area contributed by atoms with E-state index in [1.54, 1.807) is 37.5 Å². The predicted molar refractivity (Wildman–Crippen MR) is 70.5 cm³/mol. The molecule has 0 fully saturated rings. The van der Waals surface area contributed by atoms with E-state index in [4.69, 9.17) is 4.74 Å². The molecule has 0 N–H and O–H groups in total. The third-order valence-corrected chi connectivity index (χ3v) is 2.61. The topological polar surface area (TPSA) is 26.3 Å². The highest BCUT2D eigenvalue weighted by Crippen LogP contribution is 2.16. The maximum atomic E-state index is 12.0. The maximum Gasteiger partial charge on any atom is 0.166 e. The van der Waals surface area contributed by atoms with E-state index in [2.05, 4.69) is 6.58 Å². The van der Waals surface area contributed by atoms with E-state index in [-0.39, 0.29) is 5.78 Å². The lowest BCUT2D eigenvalue weighted by Crippen LogP contribution is -2.00. The highest BCUT2D eigenvalue weighted by Gasteiger charge is 2.07. The molecule has 0 aromatic heterocycles. The SMILES string of the molecule is C=C/C=C(\CC)CC(=O)c1ccc(OC)cc1. The zero-order valence-corrected chi connectivity index (χ0v) is 10.4. The Balaban J connectivity index is 2.75. The fourth-order valence-corrected chi connectivity index (χ4v) is 1.55. The summed E-state index contributed by atoms with van der Waals surface area (Å²) in [7, 11) is 1.61. The van der Waals surface area contributed by atoms with Gasteiger partial charge >= 0.3 is 0 Å². The molecule has 2 nitrogen and oxygen atoms in total. The fraction of sp³-hybridized carbons (Fsp3) is 0.267. The highest BCUT2D eigenvalue weighted by molar-refractivity contribution is 5.97. The molecule has 0 unspecified atom stereocenters. The van der Waals surface area contributed by atoms with Gasteiger partial charge in [-0.25, -0.2) is 0 Å². The Morgan fingerprint density at radius 3 is 2.47 bits per heavy atom. The number of hydrogen-bond donors (Lipinski definition) is 0. The molecule has 0 aliphatic carbocycles. The Labute approximate surface area is 103 Å². The molecule has 0 bridgehead atoms. The molecule has 90 valence electrons. The Kier molecular flexibility index (Phi) is 5.21. The van der Waals surface area contributed by atoms with E-state index in [0.29, 0.717) is 12.0 Å². The van der Waals surface area contributed by atoms with Crippen molar-refractivity contribution in [2.75, 3.05) is 7.11 Å². The van der Waals surface area contributed by atoms with Crippen LogP contribution in [-0.4, -0.2) is 12.9 Å². The summed E-state index contributed by atoms with van der Waals surface area (Å²) in [6.07, 6.45) is 4.95. The van der Waals surface area contributed by atoms with Gasteiger partial charge in [0, 0.05) is 12.0 Å². The Morgan fingerprint density at radius 2 is 2.00 bits per heavy atom. The number of rotatable bonds is 6. The number of benzene rings is 1. The van der Waals surface area contributed by atoms with Crippen molar-refractivity contribution in [1.29, 1.82) is 0 Å². The van der Waals surface area contributed by atoms with E-state index in [0.717, 1.165) is 17.7 Å². The third-order valence-electron chi connectivity index (χ3n) is 2.61. The number of Topliss-reactive ketones (excluding diaryl/α,β-unsaturated/α-hetero) is 1. The molecule has 1 aromatic carbocycles. The molecular formula is C15H18O2. The molecule has 0 aliphatic heterocycles. The third kappa shape index (κ3) is 3.91. The average molecular weight is 230 g/mol. The summed E-state index contributed by atoms with van der Waals surface area (Å²) >= 11 is 0. The summed E-state index contributed by atoms with van der Waals surface area (Å²) < 4.78 is 5.05. The second-order valence-electron chi connectivity index (χ2n) is 3.74. The van der Waals surface area contributed by atoms with Crippen LogP contribution in [-0.2, 0) is 0 Å². The van der Waals surface area contributed by atoms with Gasteiger partial charge in [0.1, 0.15) is 5.75 Å².